The Morgan fingerprint density at radius 2 is 2.18 bits per heavy atom. The molecule has 0 atom stereocenters. The number of benzene rings is 1. The van der Waals surface area contributed by atoms with E-state index in [1.807, 2.05) is 0 Å². The summed E-state index contributed by atoms with van der Waals surface area (Å²) in [6, 6.07) is 2.30. The highest BCUT2D eigenvalue weighted by atomic mass is 16.6. The fourth-order valence-corrected chi connectivity index (χ4v) is 1.90. The van der Waals surface area contributed by atoms with E-state index in [0.29, 0.717) is 0 Å². The Morgan fingerprint density at radius 1 is 1.50 bits per heavy atom. The van der Waals surface area contributed by atoms with E-state index in [4.69, 9.17) is 10.2 Å². The third kappa shape index (κ3) is 3.07. The lowest BCUT2D eigenvalue weighted by Gasteiger charge is -2.09. The number of hydrogen-bond donors (Lipinski definition) is 4. The molecule has 0 aliphatic carbocycles. The number of nitro groups is 1. The first kappa shape index (κ1) is 15.5. The number of nitrogens with one attached hydrogen (secondary N) is 2. The van der Waals surface area contributed by atoms with Crippen LogP contribution in [0.1, 0.15) is 24.5 Å². The normalized spacial score (nSPS) is 10.9. The van der Waals surface area contributed by atoms with Gasteiger partial charge < -0.3 is 20.5 Å². The molecule has 116 valence electrons. The third-order valence-electron chi connectivity index (χ3n) is 2.87. The van der Waals surface area contributed by atoms with Gasteiger partial charge in [-0.15, -0.1) is 0 Å². The van der Waals surface area contributed by atoms with E-state index in [0.717, 1.165) is 6.07 Å². The van der Waals surface area contributed by atoms with Gasteiger partial charge in [-0.1, -0.05) is 0 Å². The molecule has 2 rings (SSSR count). The molecule has 0 aliphatic rings. The quantitative estimate of drug-likeness (QED) is 0.335. The van der Waals surface area contributed by atoms with Gasteiger partial charge in [0.1, 0.15) is 0 Å². The fourth-order valence-electron chi connectivity index (χ4n) is 1.90. The lowest BCUT2D eigenvalue weighted by Crippen LogP contribution is -2.22. The van der Waals surface area contributed by atoms with Crippen LogP contribution in [0.2, 0.25) is 0 Å². The topological polar surface area (TPSA) is 158 Å². The van der Waals surface area contributed by atoms with Crippen LogP contribution in [0.3, 0.4) is 0 Å². The fraction of sp³-hybridized carbons (Fsp3) is 0.250. The van der Waals surface area contributed by atoms with Crippen molar-refractivity contribution < 1.29 is 19.9 Å². The van der Waals surface area contributed by atoms with Crippen molar-refractivity contribution in [2.75, 3.05) is 0 Å². The van der Waals surface area contributed by atoms with Gasteiger partial charge in [0.2, 0.25) is 12.2 Å². The van der Waals surface area contributed by atoms with Gasteiger partial charge in [0.05, 0.1) is 16.0 Å². The highest BCUT2D eigenvalue weighted by Crippen LogP contribution is 2.22. The van der Waals surface area contributed by atoms with E-state index in [2.05, 4.69) is 15.3 Å². The second-order valence-electron chi connectivity index (χ2n) is 4.49. The Balaban J connectivity index is 2.70. The lowest BCUT2D eigenvalue weighted by molar-refractivity contribution is -0.384. The number of aliphatic hydroxyl groups is 2. The van der Waals surface area contributed by atoms with Crippen LogP contribution in [0.25, 0.3) is 11.0 Å². The van der Waals surface area contributed by atoms with Crippen molar-refractivity contribution in [1.82, 2.24) is 15.3 Å². The summed E-state index contributed by atoms with van der Waals surface area (Å²) in [5.74, 6) is -0.355. The number of nitrogens with zero attached hydrogens (tertiary/aromatic N) is 2. The molecule has 10 heteroatoms. The molecule has 0 spiro atoms. The van der Waals surface area contributed by atoms with Crippen LogP contribution in [0, 0.1) is 10.1 Å². The molecule has 22 heavy (non-hydrogen) atoms. The van der Waals surface area contributed by atoms with Crippen LogP contribution in [-0.2, 0) is 11.3 Å². The maximum absolute atomic E-state index is 11.7. The molecule has 0 unspecified atom stereocenters. The maximum atomic E-state index is 11.7. The molecule has 0 saturated heterocycles. The summed E-state index contributed by atoms with van der Waals surface area (Å²) in [7, 11) is 0. The van der Waals surface area contributed by atoms with Gasteiger partial charge in [0.15, 0.2) is 5.69 Å². The molecule has 4 N–H and O–H groups in total. The Hall–Kier alpha value is -2.85. The first-order valence-electron chi connectivity index (χ1n) is 6.11. The van der Waals surface area contributed by atoms with Crippen LogP contribution < -0.4 is 10.9 Å². The van der Waals surface area contributed by atoms with Crippen LogP contribution in [0.5, 0.6) is 0 Å². The van der Waals surface area contributed by atoms with Crippen molar-refractivity contribution in [2.24, 2.45) is 0 Å². The summed E-state index contributed by atoms with van der Waals surface area (Å²) in [5.41, 5.74) is -1.25. The molecule has 1 aromatic heterocycles. The predicted octanol–water partition coefficient (Wildman–Crippen LogP) is -0.549. The van der Waals surface area contributed by atoms with E-state index in [9.17, 15) is 19.7 Å². The number of hydrogen-bond acceptors (Lipinski definition) is 7. The number of aliphatic hydroxyl groups excluding tert-OH is 1. The van der Waals surface area contributed by atoms with Crippen molar-refractivity contribution in [3.8, 4) is 0 Å². The van der Waals surface area contributed by atoms with Gasteiger partial charge in [-0.2, -0.15) is 0 Å². The number of carbonyl (C=O) groups is 1. The molecule has 1 aromatic carbocycles. The smallest absolute Gasteiger partial charge is 0.275 e. The lowest BCUT2D eigenvalue weighted by atomic mass is 10.1. The zero-order valence-electron chi connectivity index (χ0n) is 11.4. The number of aromatic nitrogens is 2. The van der Waals surface area contributed by atoms with Crippen molar-refractivity contribution in [3.63, 3.8) is 0 Å². The minimum absolute atomic E-state index is 0.0592. The Labute approximate surface area is 122 Å². The largest absolute Gasteiger partial charge is 0.363 e. The molecular formula is C12H12N4O6. The maximum Gasteiger partial charge on any atom is 0.275 e. The summed E-state index contributed by atoms with van der Waals surface area (Å²) >= 11 is 0. The van der Waals surface area contributed by atoms with Crippen LogP contribution >= 0.6 is 0 Å². The van der Waals surface area contributed by atoms with Crippen LogP contribution in [-0.4, -0.2) is 31.0 Å². The third-order valence-corrected chi connectivity index (χ3v) is 2.87. The molecule has 0 saturated carbocycles. The van der Waals surface area contributed by atoms with Crippen molar-refractivity contribution >= 4 is 22.6 Å². The van der Waals surface area contributed by atoms with E-state index in [1.165, 1.54) is 13.0 Å². The highest BCUT2D eigenvalue weighted by Gasteiger charge is 2.17. The Bertz CT molecular complexity index is 813. The first-order valence-corrected chi connectivity index (χ1v) is 6.11. The molecule has 1 heterocycles. The average molecular weight is 308 g/mol. The molecule has 0 radical (unpaired) electrons. The van der Waals surface area contributed by atoms with E-state index < -0.39 is 22.5 Å². The zero-order chi connectivity index (χ0) is 16.4. The van der Waals surface area contributed by atoms with Gasteiger partial charge in [0.25, 0.3) is 11.2 Å². The van der Waals surface area contributed by atoms with Gasteiger partial charge in [-0.25, -0.2) is 4.98 Å². The summed E-state index contributed by atoms with van der Waals surface area (Å²) in [4.78, 5) is 39.1. The number of non-ortho nitro benzene ring substituents is 1. The number of carbonyl (C=O) groups excluding carboxylic acids is 1. The standard InChI is InChI=1S/C12H12N4O6/c1-5(17)13-4-6-2-7(16(21)22)3-8-9(6)15-10(12(19)20)11(18)14-8/h2-3,12,19-20H,4H2,1H3,(H,13,17)(H,14,18). The summed E-state index contributed by atoms with van der Waals surface area (Å²) < 4.78 is 0. The number of aromatic amines is 1. The molecule has 2 aromatic rings. The summed E-state index contributed by atoms with van der Waals surface area (Å²) in [6.07, 6.45) is -2.09. The molecular weight excluding hydrogens is 296 g/mol. The number of amides is 1. The van der Waals surface area contributed by atoms with Crippen molar-refractivity contribution in [1.29, 1.82) is 0 Å². The molecule has 0 aliphatic heterocycles. The minimum atomic E-state index is -2.09. The zero-order valence-corrected chi connectivity index (χ0v) is 11.4. The minimum Gasteiger partial charge on any atom is -0.363 e. The second-order valence-corrected chi connectivity index (χ2v) is 4.49. The van der Waals surface area contributed by atoms with Gasteiger partial charge in [0, 0.05) is 31.2 Å². The number of rotatable bonds is 4. The number of nitro benzene ring substituents is 1. The molecule has 1 amide bonds. The number of fused-ring (bicyclic) bond motifs is 1. The van der Waals surface area contributed by atoms with Crippen molar-refractivity contribution in [3.05, 3.63) is 43.9 Å². The molecule has 0 fully saturated rings. The average Bonchev–Trinajstić information content (AvgIpc) is 2.42. The van der Waals surface area contributed by atoms with Crippen LogP contribution in [0.15, 0.2) is 16.9 Å². The van der Waals surface area contributed by atoms with Gasteiger partial charge >= 0.3 is 0 Å². The summed E-state index contributed by atoms with van der Waals surface area (Å²) in [5, 5.41) is 31.6. The number of H-pyrrole nitrogens is 1. The van der Waals surface area contributed by atoms with Gasteiger partial charge in [-0.05, 0) is 0 Å². The highest BCUT2D eigenvalue weighted by molar-refractivity contribution is 5.81. The van der Waals surface area contributed by atoms with E-state index in [1.54, 1.807) is 0 Å². The first-order chi connectivity index (χ1) is 10.3. The summed E-state index contributed by atoms with van der Waals surface area (Å²) in [6.45, 7) is 1.21. The van der Waals surface area contributed by atoms with E-state index >= 15 is 0 Å². The Morgan fingerprint density at radius 3 is 2.73 bits per heavy atom. The predicted molar refractivity (Wildman–Crippen MR) is 73.7 cm³/mol. The van der Waals surface area contributed by atoms with Gasteiger partial charge in [-0.3, -0.25) is 19.7 Å². The molecule has 0 bridgehead atoms. The van der Waals surface area contributed by atoms with Crippen LogP contribution in [0.4, 0.5) is 5.69 Å². The monoisotopic (exact) mass is 308 g/mol. The van der Waals surface area contributed by atoms with E-state index in [-0.39, 0.29) is 34.7 Å². The second kappa shape index (κ2) is 5.87. The van der Waals surface area contributed by atoms with Crippen molar-refractivity contribution in [2.45, 2.75) is 19.8 Å². The SMILES string of the molecule is CC(=O)NCc1cc([N+](=O)[O-])cc2[nH]c(=O)c(C(O)O)nc12. The Kier molecular flexibility index (Phi) is 4.15. The molecule has 10 nitrogen and oxygen atoms in total.